The fourth-order valence-corrected chi connectivity index (χ4v) is 1.65. The molecular formula is C11H12N2O3. The van der Waals surface area contributed by atoms with Crippen molar-refractivity contribution < 1.29 is 14.7 Å². The van der Waals surface area contributed by atoms with E-state index >= 15 is 0 Å². The molecule has 1 amide bonds. The second-order valence-electron chi connectivity index (χ2n) is 3.72. The summed E-state index contributed by atoms with van der Waals surface area (Å²) in [5.41, 5.74) is 3.68. The van der Waals surface area contributed by atoms with Gasteiger partial charge in [0.25, 0.3) is 0 Å². The number of rotatable bonds is 3. The fraction of sp³-hybridized carbons (Fsp3) is 0.273. The van der Waals surface area contributed by atoms with Gasteiger partial charge in [-0.25, -0.2) is 0 Å². The normalized spacial score (nSPS) is 19.9. The Hall–Kier alpha value is -2.04. The Balaban J connectivity index is 2.02. The van der Waals surface area contributed by atoms with E-state index in [0.717, 1.165) is 5.69 Å². The van der Waals surface area contributed by atoms with Gasteiger partial charge >= 0.3 is 5.97 Å². The summed E-state index contributed by atoms with van der Waals surface area (Å²) in [7, 11) is 0. The van der Waals surface area contributed by atoms with E-state index in [4.69, 9.17) is 5.11 Å². The van der Waals surface area contributed by atoms with Gasteiger partial charge in [-0.2, -0.15) is 0 Å². The van der Waals surface area contributed by atoms with Crippen molar-refractivity contribution in [1.82, 2.24) is 5.01 Å². The van der Waals surface area contributed by atoms with Crippen molar-refractivity contribution in [2.24, 2.45) is 5.92 Å². The van der Waals surface area contributed by atoms with Crippen LogP contribution in [0.25, 0.3) is 0 Å². The summed E-state index contributed by atoms with van der Waals surface area (Å²) in [6.07, 6.45) is 0.0646. The van der Waals surface area contributed by atoms with E-state index in [1.165, 1.54) is 5.01 Å². The SMILES string of the molecule is O=C(O)C1CC(=O)N(Nc2ccccc2)C1. The van der Waals surface area contributed by atoms with E-state index in [2.05, 4.69) is 5.43 Å². The van der Waals surface area contributed by atoms with Crippen molar-refractivity contribution >= 4 is 17.6 Å². The van der Waals surface area contributed by atoms with Gasteiger partial charge in [0, 0.05) is 6.42 Å². The number of carboxylic acid groups (broad SMARTS) is 1. The molecule has 1 aliphatic rings. The number of benzene rings is 1. The maximum absolute atomic E-state index is 11.5. The number of nitrogens with zero attached hydrogens (tertiary/aromatic N) is 1. The van der Waals surface area contributed by atoms with E-state index < -0.39 is 11.9 Å². The Labute approximate surface area is 92.6 Å². The molecule has 1 aromatic rings. The number of hydrazine groups is 1. The smallest absolute Gasteiger partial charge is 0.308 e. The third-order valence-corrected chi connectivity index (χ3v) is 2.51. The van der Waals surface area contributed by atoms with Crippen LogP contribution in [0.2, 0.25) is 0 Å². The van der Waals surface area contributed by atoms with Gasteiger partial charge in [-0.15, -0.1) is 0 Å². The average Bonchev–Trinajstić information content (AvgIpc) is 2.62. The summed E-state index contributed by atoms with van der Waals surface area (Å²) >= 11 is 0. The lowest BCUT2D eigenvalue weighted by atomic mass is 10.1. The summed E-state index contributed by atoms with van der Waals surface area (Å²) in [4.78, 5) is 22.2. The average molecular weight is 220 g/mol. The number of hydrogen-bond donors (Lipinski definition) is 2. The molecule has 0 saturated carbocycles. The number of aliphatic carboxylic acids is 1. The Morgan fingerprint density at radius 3 is 2.62 bits per heavy atom. The van der Waals surface area contributed by atoms with Gasteiger partial charge in [-0.05, 0) is 12.1 Å². The first-order chi connectivity index (χ1) is 7.66. The molecule has 0 aliphatic carbocycles. The maximum atomic E-state index is 11.5. The minimum atomic E-state index is -0.925. The molecule has 0 radical (unpaired) electrons. The zero-order valence-electron chi connectivity index (χ0n) is 8.59. The van der Waals surface area contributed by atoms with Gasteiger partial charge in [0.1, 0.15) is 0 Å². The van der Waals surface area contributed by atoms with Gasteiger partial charge in [0.05, 0.1) is 18.2 Å². The number of carbonyl (C=O) groups excluding carboxylic acids is 1. The first-order valence-corrected chi connectivity index (χ1v) is 5.01. The summed E-state index contributed by atoms with van der Waals surface area (Å²) in [5, 5.41) is 10.2. The molecule has 1 atom stereocenters. The van der Waals surface area contributed by atoms with Crippen LogP contribution in [0.3, 0.4) is 0 Å². The van der Waals surface area contributed by atoms with Crippen LogP contribution in [0.1, 0.15) is 6.42 Å². The van der Waals surface area contributed by atoms with E-state index in [9.17, 15) is 9.59 Å². The lowest BCUT2D eigenvalue weighted by molar-refractivity contribution is -0.141. The van der Waals surface area contributed by atoms with Crippen LogP contribution < -0.4 is 5.43 Å². The van der Waals surface area contributed by atoms with E-state index in [0.29, 0.717) is 0 Å². The van der Waals surface area contributed by atoms with Crippen LogP contribution >= 0.6 is 0 Å². The fourth-order valence-electron chi connectivity index (χ4n) is 1.65. The van der Waals surface area contributed by atoms with E-state index in [-0.39, 0.29) is 18.9 Å². The number of carboxylic acids is 1. The number of para-hydroxylation sites is 1. The predicted octanol–water partition coefficient (Wildman–Crippen LogP) is 0.947. The van der Waals surface area contributed by atoms with Crippen LogP contribution in [0.4, 0.5) is 5.69 Å². The molecule has 16 heavy (non-hydrogen) atoms. The van der Waals surface area contributed by atoms with Crippen molar-refractivity contribution in [3.8, 4) is 0 Å². The number of nitrogens with one attached hydrogen (secondary N) is 1. The standard InChI is InChI=1S/C11H12N2O3/c14-10-6-8(11(15)16)7-13(10)12-9-4-2-1-3-5-9/h1-5,8,12H,6-7H2,(H,15,16). The topological polar surface area (TPSA) is 69.6 Å². The molecule has 1 aliphatic heterocycles. The highest BCUT2D eigenvalue weighted by Crippen LogP contribution is 2.19. The Morgan fingerprint density at radius 2 is 2.06 bits per heavy atom. The molecule has 1 fully saturated rings. The third kappa shape index (κ3) is 2.13. The Morgan fingerprint density at radius 1 is 1.38 bits per heavy atom. The van der Waals surface area contributed by atoms with E-state index in [1.54, 1.807) is 0 Å². The zero-order valence-corrected chi connectivity index (χ0v) is 8.59. The molecule has 5 nitrogen and oxygen atoms in total. The van der Waals surface area contributed by atoms with Crippen molar-refractivity contribution in [2.45, 2.75) is 6.42 Å². The largest absolute Gasteiger partial charge is 0.481 e. The van der Waals surface area contributed by atoms with E-state index in [1.807, 2.05) is 30.3 Å². The van der Waals surface area contributed by atoms with Crippen molar-refractivity contribution in [3.63, 3.8) is 0 Å². The number of hydrogen-bond acceptors (Lipinski definition) is 3. The van der Waals surface area contributed by atoms with Crippen LogP contribution in [-0.2, 0) is 9.59 Å². The Kier molecular flexibility index (Phi) is 2.76. The van der Waals surface area contributed by atoms with Crippen LogP contribution in [0.5, 0.6) is 0 Å². The minimum Gasteiger partial charge on any atom is -0.481 e. The van der Waals surface area contributed by atoms with Crippen LogP contribution in [-0.4, -0.2) is 28.5 Å². The molecule has 0 aromatic heterocycles. The van der Waals surface area contributed by atoms with Crippen LogP contribution in [0.15, 0.2) is 30.3 Å². The second kappa shape index (κ2) is 4.22. The molecule has 2 rings (SSSR count). The molecule has 1 unspecified atom stereocenters. The molecule has 1 aromatic carbocycles. The number of carbonyl (C=O) groups is 2. The van der Waals surface area contributed by atoms with Gasteiger partial charge < -0.3 is 5.11 Å². The van der Waals surface area contributed by atoms with Gasteiger partial charge in [0.15, 0.2) is 0 Å². The quantitative estimate of drug-likeness (QED) is 0.795. The van der Waals surface area contributed by atoms with Gasteiger partial charge in [-0.3, -0.25) is 20.0 Å². The maximum Gasteiger partial charge on any atom is 0.308 e. The lowest BCUT2D eigenvalue weighted by Gasteiger charge is -2.18. The highest BCUT2D eigenvalue weighted by molar-refractivity contribution is 5.86. The molecule has 0 bridgehead atoms. The first kappa shape index (κ1) is 10.5. The summed E-state index contributed by atoms with van der Waals surface area (Å²) in [6, 6.07) is 9.20. The number of amides is 1. The predicted molar refractivity (Wildman–Crippen MR) is 57.5 cm³/mol. The van der Waals surface area contributed by atoms with Crippen molar-refractivity contribution in [3.05, 3.63) is 30.3 Å². The summed E-state index contributed by atoms with van der Waals surface area (Å²) in [5.74, 6) is -1.72. The van der Waals surface area contributed by atoms with Gasteiger partial charge in [0.2, 0.25) is 5.91 Å². The van der Waals surface area contributed by atoms with Gasteiger partial charge in [-0.1, -0.05) is 18.2 Å². The van der Waals surface area contributed by atoms with Crippen molar-refractivity contribution in [2.75, 3.05) is 12.0 Å². The molecule has 2 N–H and O–H groups in total. The van der Waals surface area contributed by atoms with Crippen LogP contribution in [0, 0.1) is 5.92 Å². The summed E-state index contributed by atoms with van der Waals surface area (Å²) in [6.45, 7) is 0.211. The highest BCUT2D eigenvalue weighted by atomic mass is 16.4. The molecular weight excluding hydrogens is 208 g/mol. The molecule has 84 valence electrons. The molecule has 0 spiro atoms. The lowest BCUT2D eigenvalue weighted by Crippen LogP contribution is -2.32. The molecule has 5 heteroatoms. The highest BCUT2D eigenvalue weighted by Gasteiger charge is 2.34. The molecule has 1 saturated heterocycles. The first-order valence-electron chi connectivity index (χ1n) is 5.01. The number of anilines is 1. The summed E-state index contributed by atoms with van der Waals surface area (Å²) < 4.78 is 0. The monoisotopic (exact) mass is 220 g/mol. The zero-order chi connectivity index (χ0) is 11.5. The Bertz CT molecular complexity index is 405. The second-order valence-corrected chi connectivity index (χ2v) is 3.72. The van der Waals surface area contributed by atoms with Crippen molar-refractivity contribution in [1.29, 1.82) is 0 Å². The minimum absolute atomic E-state index is 0.0646. The molecule has 1 heterocycles. The third-order valence-electron chi connectivity index (χ3n) is 2.51.